The molecule has 2 saturated heterocycles. The molecule has 3 atom stereocenters. The summed E-state index contributed by atoms with van der Waals surface area (Å²) in [7, 11) is 0. The van der Waals surface area contributed by atoms with Crippen molar-refractivity contribution in [1.82, 2.24) is 40.9 Å². The van der Waals surface area contributed by atoms with E-state index in [9.17, 15) is 57.8 Å². The Bertz CT molecular complexity index is 1910. The molecule has 1 aromatic carbocycles. The zero-order valence-electron chi connectivity index (χ0n) is 36.7. The van der Waals surface area contributed by atoms with Gasteiger partial charge in [-0.05, 0) is 76.0 Å². The van der Waals surface area contributed by atoms with Gasteiger partial charge in [-0.2, -0.15) is 0 Å². The number of rotatable bonds is 25. The van der Waals surface area contributed by atoms with Gasteiger partial charge in [0.15, 0.2) is 0 Å². The number of hydrogen-bond donors (Lipinski definition) is 11. The minimum atomic E-state index is -1.54. The van der Waals surface area contributed by atoms with Crippen LogP contribution >= 0.6 is 0 Å². The van der Waals surface area contributed by atoms with Crippen molar-refractivity contribution < 1.29 is 68.0 Å². The van der Waals surface area contributed by atoms with Crippen LogP contribution in [-0.4, -0.2) is 184 Å². The Balaban J connectivity index is 1.53. The number of nitrogens with zero attached hydrogens (tertiary/aromatic N) is 4. The molecule has 0 bridgehead atoms. The Hall–Kier alpha value is -6.92. The summed E-state index contributed by atoms with van der Waals surface area (Å²) in [5.74, 6) is -5.97. The minimum Gasteiger partial charge on any atom is -0.481 e. The number of benzene rings is 1. The number of nitrogens with two attached hydrogens (primary N) is 2. The van der Waals surface area contributed by atoms with E-state index in [1.807, 2.05) is 0 Å². The monoisotopic (exact) mass is 935 g/mol. The van der Waals surface area contributed by atoms with Crippen molar-refractivity contribution in [2.24, 2.45) is 11.5 Å². The van der Waals surface area contributed by atoms with Gasteiger partial charge >= 0.3 is 42.0 Å². The summed E-state index contributed by atoms with van der Waals surface area (Å²) in [5, 5.41) is 49.2. The smallest absolute Gasteiger partial charge is 0.326 e. The van der Waals surface area contributed by atoms with Gasteiger partial charge < -0.3 is 78.1 Å². The first-order valence-corrected chi connectivity index (χ1v) is 21.7. The number of piperazine rings is 2. The number of urea groups is 3. The number of carbonyl (C=O) groups excluding carboxylic acids is 5. The Labute approximate surface area is 380 Å². The quantitative estimate of drug-likeness (QED) is 0.0591. The molecule has 1 aromatic rings. The highest BCUT2D eigenvalue weighted by Crippen LogP contribution is 2.21. The van der Waals surface area contributed by atoms with Crippen molar-refractivity contribution in [2.45, 2.75) is 82.3 Å². The molecule has 2 fully saturated rings. The third-order valence-electron chi connectivity index (χ3n) is 10.7. The fraction of sp³-hybridized carbons (Fsp3) is 0.585. The lowest BCUT2D eigenvalue weighted by atomic mass is 10.1. The maximum absolute atomic E-state index is 13.9. The van der Waals surface area contributed by atoms with Crippen LogP contribution in [0, 0.1) is 0 Å². The molecule has 3 rings (SSSR count). The molecule has 25 heteroatoms. The van der Waals surface area contributed by atoms with E-state index in [0.717, 1.165) is 0 Å². The number of amides is 8. The lowest BCUT2D eigenvalue weighted by Crippen LogP contribution is -2.53. The zero-order valence-corrected chi connectivity index (χ0v) is 36.7. The number of alkyl halides is 1. The van der Waals surface area contributed by atoms with E-state index in [1.54, 1.807) is 26.8 Å². The largest absolute Gasteiger partial charge is 0.481 e. The highest BCUT2D eigenvalue weighted by Gasteiger charge is 2.29. The highest BCUT2D eigenvalue weighted by molar-refractivity contribution is 6.01. The third-order valence-corrected chi connectivity index (χ3v) is 10.7. The molecule has 24 nitrogen and oxygen atoms in total. The molecule has 366 valence electrons. The molecule has 0 saturated carbocycles. The normalized spacial score (nSPS) is 15.5. The number of hydrogen-bond acceptors (Lipinski definition) is 12. The number of unbranched alkanes of at least 4 members (excludes halogenated alkanes) is 2. The average molecular weight is 936 g/mol. The first kappa shape index (κ1) is 53.4. The molecule has 0 radical (unpaired) electrons. The molecular formula is C41H62FN11O13. The first-order valence-electron chi connectivity index (χ1n) is 21.7. The molecule has 2 heterocycles. The van der Waals surface area contributed by atoms with E-state index in [4.69, 9.17) is 21.7 Å². The van der Waals surface area contributed by atoms with Crippen LogP contribution in [0.25, 0.3) is 0 Å². The molecule has 2 aliphatic heterocycles. The van der Waals surface area contributed by atoms with E-state index < -0.39 is 79.5 Å². The van der Waals surface area contributed by atoms with Crippen LogP contribution in [0.4, 0.5) is 24.5 Å². The fourth-order valence-electron chi connectivity index (χ4n) is 6.91. The highest BCUT2D eigenvalue weighted by atomic mass is 19.1. The van der Waals surface area contributed by atoms with Crippen molar-refractivity contribution in [1.29, 1.82) is 0 Å². The van der Waals surface area contributed by atoms with Gasteiger partial charge in [-0.3, -0.25) is 23.6 Å². The zero-order chi connectivity index (χ0) is 48.8. The van der Waals surface area contributed by atoms with Gasteiger partial charge in [-0.15, -0.1) is 0 Å². The number of allylic oxidation sites excluding steroid dienone is 1. The SMILES string of the molecule is N/C(=C\Nc1cc(C(=O)N2CCN(C(=O)NCCCC[C@H](NC(=O)NC(CCC(=O)O)C(=O)O)C(=O)O)CC2)cc(C(=O)N2CCN(C(=O)NCCCC[C@H](N)C(=O)O)CC2)c1)CCCF. The predicted molar refractivity (Wildman–Crippen MR) is 234 cm³/mol. The number of halogens is 1. The molecular weight excluding hydrogens is 874 g/mol. The van der Waals surface area contributed by atoms with Gasteiger partial charge in [0, 0.05) is 101 Å². The minimum absolute atomic E-state index is 0.0494. The Kier molecular flexibility index (Phi) is 22.2. The van der Waals surface area contributed by atoms with E-state index in [-0.39, 0.29) is 114 Å². The number of aliphatic carboxylic acids is 4. The van der Waals surface area contributed by atoms with Crippen LogP contribution in [0.1, 0.15) is 84.9 Å². The third kappa shape index (κ3) is 18.3. The van der Waals surface area contributed by atoms with Crippen LogP contribution in [0.2, 0.25) is 0 Å². The second-order valence-corrected chi connectivity index (χ2v) is 15.7. The molecule has 2 aliphatic rings. The van der Waals surface area contributed by atoms with Crippen LogP contribution < -0.4 is 38.1 Å². The lowest BCUT2D eigenvalue weighted by molar-refractivity contribution is -0.141. The van der Waals surface area contributed by atoms with Crippen LogP contribution in [0.15, 0.2) is 30.1 Å². The molecule has 66 heavy (non-hydrogen) atoms. The number of nitrogens with one attached hydrogen (secondary N) is 5. The average Bonchev–Trinajstić information content (AvgIpc) is 3.29. The summed E-state index contributed by atoms with van der Waals surface area (Å²) in [6.07, 6.45) is 2.94. The summed E-state index contributed by atoms with van der Waals surface area (Å²) >= 11 is 0. The molecule has 8 amide bonds. The van der Waals surface area contributed by atoms with Crippen LogP contribution in [0.5, 0.6) is 0 Å². The summed E-state index contributed by atoms with van der Waals surface area (Å²) in [4.78, 5) is 117. The molecule has 1 unspecified atom stereocenters. The maximum atomic E-state index is 13.9. The summed E-state index contributed by atoms with van der Waals surface area (Å²) < 4.78 is 12.7. The summed E-state index contributed by atoms with van der Waals surface area (Å²) in [6, 6.07) is -1.09. The lowest BCUT2D eigenvalue weighted by Gasteiger charge is -2.35. The van der Waals surface area contributed by atoms with Crippen molar-refractivity contribution >= 4 is 59.5 Å². The van der Waals surface area contributed by atoms with E-state index in [1.165, 1.54) is 17.2 Å². The second-order valence-electron chi connectivity index (χ2n) is 15.7. The molecule has 13 N–H and O–H groups in total. The van der Waals surface area contributed by atoms with E-state index in [2.05, 4.69) is 26.6 Å². The van der Waals surface area contributed by atoms with Gasteiger partial charge in [0.2, 0.25) is 0 Å². The topological polar surface area (TPSA) is 360 Å². The number of carboxylic acids is 4. The van der Waals surface area contributed by atoms with E-state index in [0.29, 0.717) is 37.2 Å². The van der Waals surface area contributed by atoms with Gasteiger partial charge in [0.25, 0.3) is 11.8 Å². The summed E-state index contributed by atoms with van der Waals surface area (Å²) in [5.41, 5.74) is 12.6. The second kappa shape index (κ2) is 27.4. The van der Waals surface area contributed by atoms with Gasteiger partial charge in [0.05, 0.1) is 6.67 Å². The van der Waals surface area contributed by atoms with Gasteiger partial charge in [-0.1, -0.05) is 0 Å². The summed E-state index contributed by atoms with van der Waals surface area (Å²) in [6.45, 7) is 1.55. The van der Waals surface area contributed by atoms with Gasteiger partial charge in [0.1, 0.15) is 18.1 Å². The van der Waals surface area contributed by atoms with Crippen molar-refractivity contribution in [3.8, 4) is 0 Å². The molecule has 0 aliphatic carbocycles. The molecule has 0 spiro atoms. The maximum Gasteiger partial charge on any atom is 0.326 e. The van der Waals surface area contributed by atoms with Crippen LogP contribution in [-0.2, 0) is 19.2 Å². The number of anilines is 1. The first-order chi connectivity index (χ1) is 31.4. The molecule has 0 aromatic heterocycles. The fourth-order valence-corrected chi connectivity index (χ4v) is 6.91. The number of carboxylic acid groups (broad SMARTS) is 4. The Morgan fingerprint density at radius 2 is 1.06 bits per heavy atom. The standard InChI is InChI=1S/C41H62FN11O13/c42-11-5-6-28(43)25-47-29-23-26(34(56)50-14-18-52(19-15-50)40(65)45-12-3-1-7-30(44)36(58)59)22-27(24-29)35(57)51-16-20-53(21-17-51)41(66)46-13-4-2-8-31(37(60)61)48-39(64)49-32(38(62)63)9-10-33(54)55/h22-25,30-32,47H,1-21,43-44H2,(H,45,65)(H,46,66)(H,54,55)(H,58,59)(H,60,61)(H,62,63)(H2,48,49,64)/b28-25-/t30-,31-,32?/m0/s1. The van der Waals surface area contributed by atoms with E-state index >= 15 is 0 Å². The van der Waals surface area contributed by atoms with Crippen molar-refractivity contribution in [3.05, 3.63) is 41.2 Å². The number of carbonyl (C=O) groups is 9. The van der Waals surface area contributed by atoms with Gasteiger partial charge in [-0.25, -0.2) is 24.0 Å². The van der Waals surface area contributed by atoms with Crippen molar-refractivity contribution in [2.75, 3.05) is 77.4 Å². The Morgan fingerprint density at radius 1 is 0.606 bits per heavy atom. The van der Waals surface area contributed by atoms with Crippen LogP contribution in [0.3, 0.4) is 0 Å². The Morgan fingerprint density at radius 3 is 1.50 bits per heavy atom. The predicted octanol–water partition coefficient (Wildman–Crippen LogP) is 0.406. The van der Waals surface area contributed by atoms with Crippen molar-refractivity contribution in [3.63, 3.8) is 0 Å².